The van der Waals surface area contributed by atoms with Gasteiger partial charge in [-0.15, -0.1) is 11.7 Å². The highest BCUT2D eigenvalue weighted by molar-refractivity contribution is 5.88. The third-order valence-corrected chi connectivity index (χ3v) is 2.28. The van der Waals surface area contributed by atoms with Gasteiger partial charge in [0.25, 0.3) is 0 Å². The lowest BCUT2D eigenvalue weighted by atomic mass is 10.3. The zero-order chi connectivity index (χ0) is 12.4. The molecule has 2 rings (SSSR count). The largest absolute Gasteiger partial charge is 0.476 e. The van der Waals surface area contributed by atoms with Crippen LogP contribution in [-0.2, 0) is 0 Å². The molecule has 0 saturated heterocycles. The topological polar surface area (TPSA) is 79.5 Å². The summed E-state index contributed by atoms with van der Waals surface area (Å²) in [4.78, 5) is 15.2. The van der Waals surface area contributed by atoms with Crippen molar-refractivity contribution in [3.05, 3.63) is 36.2 Å². The summed E-state index contributed by atoms with van der Waals surface area (Å²) in [6.07, 6.45) is 1.70. The molecule has 0 fully saturated rings. The van der Waals surface area contributed by atoms with Crippen molar-refractivity contribution in [3.63, 3.8) is 0 Å². The van der Waals surface area contributed by atoms with Crippen molar-refractivity contribution < 1.29 is 9.90 Å². The summed E-state index contributed by atoms with van der Waals surface area (Å²) in [5, 5.41) is 16.2. The minimum atomic E-state index is -1.04. The first-order valence-electron chi connectivity index (χ1n) is 5.08. The maximum absolute atomic E-state index is 11.1. The molecule has 0 spiro atoms. The first-order chi connectivity index (χ1) is 8.13. The van der Waals surface area contributed by atoms with Gasteiger partial charge in [-0.25, -0.2) is 14.3 Å². The zero-order valence-electron chi connectivity index (χ0n) is 9.34. The maximum Gasteiger partial charge on any atom is 0.356 e. The predicted molar refractivity (Wildman–Crippen MR) is 63.4 cm³/mol. The number of aryl methyl sites for hydroxylation is 1. The van der Waals surface area contributed by atoms with Gasteiger partial charge >= 0.3 is 5.97 Å². The van der Waals surface area contributed by atoms with Crippen LogP contribution >= 0.6 is 0 Å². The molecule has 0 atom stereocenters. The molecule has 2 N–H and O–H groups in total. The Morgan fingerprint density at radius 3 is 3.06 bits per heavy atom. The van der Waals surface area contributed by atoms with E-state index in [1.807, 2.05) is 0 Å². The molecule has 88 valence electrons. The number of hydrogen-bond acceptors (Lipinski definition) is 4. The standard InChI is InChI=1S/C11H12N4O2/c1-3-6-12-8-4-5-9-13-7(2)10(11(16)17)15(9)14-8/h3-5H,1,6H2,2H3,(H,12,14)(H,16,17). The van der Waals surface area contributed by atoms with E-state index in [-0.39, 0.29) is 5.69 Å². The van der Waals surface area contributed by atoms with Gasteiger partial charge in [-0.05, 0) is 19.1 Å². The lowest BCUT2D eigenvalue weighted by Gasteiger charge is -2.03. The van der Waals surface area contributed by atoms with E-state index in [0.29, 0.717) is 23.7 Å². The molecule has 6 heteroatoms. The maximum atomic E-state index is 11.1. The van der Waals surface area contributed by atoms with Gasteiger partial charge in [-0.2, -0.15) is 0 Å². The van der Waals surface area contributed by atoms with Crippen LogP contribution in [-0.4, -0.2) is 32.2 Å². The van der Waals surface area contributed by atoms with Gasteiger partial charge in [-0.1, -0.05) is 6.08 Å². The summed E-state index contributed by atoms with van der Waals surface area (Å²) in [5.41, 5.74) is 1.05. The highest BCUT2D eigenvalue weighted by Crippen LogP contribution is 2.12. The Morgan fingerprint density at radius 2 is 2.41 bits per heavy atom. The number of nitrogens with zero attached hydrogens (tertiary/aromatic N) is 3. The van der Waals surface area contributed by atoms with Gasteiger partial charge in [0.2, 0.25) is 0 Å². The number of carboxylic acid groups (broad SMARTS) is 1. The fourth-order valence-corrected chi connectivity index (χ4v) is 1.56. The minimum Gasteiger partial charge on any atom is -0.476 e. The lowest BCUT2D eigenvalue weighted by molar-refractivity contribution is 0.0687. The summed E-state index contributed by atoms with van der Waals surface area (Å²) in [7, 11) is 0. The van der Waals surface area contributed by atoms with Crippen molar-refractivity contribution in [2.24, 2.45) is 0 Å². The van der Waals surface area contributed by atoms with Gasteiger partial charge in [0.15, 0.2) is 11.3 Å². The Bertz CT molecular complexity index is 588. The van der Waals surface area contributed by atoms with Crippen molar-refractivity contribution in [2.75, 3.05) is 11.9 Å². The first kappa shape index (κ1) is 11.1. The van der Waals surface area contributed by atoms with E-state index in [1.165, 1.54) is 4.52 Å². The van der Waals surface area contributed by atoms with Crippen LogP contribution in [0.15, 0.2) is 24.8 Å². The Balaban J connectivity index is 2.54. The van der Waals surface area contributed by atoms with Crippen LogP contribution in [0.3, 0.4) is 0 Å². The summed E-state index contributed by atoms with van der Waals surface area (Å²) in [6.45, 7) is 5.80. The summed E-state index contributed by atoms with van der Waals surface area (Å²) in [6, 6.07) is 3.47. The van der Waals surface area contributed by atoms with Crippen LogP contribution in [0.25, 0.3) is 5.65 Å². The summed E-state index contributed by atoms with van der Waals surface area (Å²) in [5.74, 6) is -0.458. The number of aromatic nitrogens is 3. The lowest BCUT2D eigenvalue weighted by Crippen LogP contribution is -2.08. The third-order valence-electron chi connectivity index (χ3n) is 2.28. The van der Waals surface area contributed by atoms with Crippen molar-refractivity contribution in [3.8, 4) is 0 Å². The van der Waals surface area contributed by atoms with Crippen LogP contribution in [0, 0.1) is 6.92 Å². The van der Waals surface area contributed by atoms with Crippen LogP contribution in [0.4, 0.5) is 5.82 Å². The molecule has 0 unspecified atom stereocenters. The van der Waals surface area contributed by atoms with E-state index in [4.69, 9.17) is 5.11 Å². The van der Waals surface area contributed by atoms with Crippen molar-refractivity contribution in [1.82, 2.24) is 14.6 Å². The Kier molecular flexibility index (Phi) is 2.78. The van der Waals surface area contributed by atoms with Gasteiger partial charge in [-0.3, -0.25) is 0 Å². The molecule has 0 bridgehead atoms. The number of hydrogen-bond donors (Lipinski definition) is 2. The third kappa shape index (κ3) is 1.96. The van der Waals surface area contributed by atoms with Crippen LogP contribution in [0.5, 0.6) is 0 Å². The molecule has 0 aliphatic carbocycles. The second-order valence-corrected chi connectivity index (χ2v) is 3.51. The minimum absolute atomic E-state index is 0.0854. The highest BCUT2D eigenvalue weighted by Gasteiger charge is 2.16. The molecule has 0 aromatic carbocycles. The molecule has 0 aliphatic rings. The number of rotatable bonds is 4. The molecular formula is C11H12N4O2. The van der Waals surface area contributed by atoms with Crippen LogP contribution in [0.1, 0.15) is 16.2 Å². The number of nitrogens with one attached hydrogen (secondary N) is 1. The molecule has 0 saturated carbocycles. The van der Waals surface area contributed by atoms with E-state index < -0.39 is 5.97 Å². The fourth-order valence-electron chi connectivity index (χ4n) is 1.56. The summed E-state index contributed by atoms with van der Waals surface area (Å²) < 4.78 is 1.32. The molecule has 2 aromatic rings. The monoisotopic (exact) mass is 232 g/mol. The molecule has 17 heavy (non-hydrogen) atoms. The van der Waals surface area contributed by atoms with E-state index in [1.54, 1.807) is 25.1 Å². The van der Waals surface area contributed by atoms with E-state index >= 15 is 0 Å². The first-order valence-corrected chi connectivity index (χ1v) is 5.08. The van der Waals surface area contributed by atoms with Gasteiger partial charge in [0, 0.05) is 6.54 Å². The molecule has 2 heterocycles. The average Bonchev–Trinajstić information content (AvgIpc) is 2.61. The SMILES string of the molecule is C=CCNc1ccc2nc(C)c(C(=O)O)n2n1. The van der Waals surface area contributed by atoms with Crippen molar-refractivity contribution in [2.45, 2.75) is 6.92 Å². The normalized spacial score (nSPS) is 10.4. The van der Waals surface area contributed by atoms with E-state index in [2.05, 4.69) is 22.0 Å². The fraction of sp³-hybridized carbons (Fsp3) is 0.182. The summed E-state index contributed by atoms with van der Waals surface area (Å²) >= 11 is 0. The van der Waals surface area contributed by atoms with Crippen molar-refractivity contribution in [1.29, 1.82) is 0 Å². The smallest absolute Gasteiger partial charge is 0.356 e. The number of anilines is 1. The van der Waals surface area contributed by atoms with Crippen LogP contribution < -0.4 is 5.32 Å². The molecular weight excluding hydrogens is 220 g/mol. The Hall–Kier alpha value is -2.37. The van der Waals surface area contributed by atoms with E-state index in [9.17, 15) is 4.79 Å². The van der Waals surface area contributed by atoms with Crippen molar-refractivity contribution >= 4 is 17.4 Å². The number of imidazole rings is 1. The highest BCUT2D eigenvalue weighted by atomic mass is 16.4. The predicted octanol–water partition coefficient (Wildman–Crippen LogP) is 1.33. The molecule has 0 aliphatic heterocycles. The Labute approximate surface area is 97.6 Å². The van der Waals surface area contributed by atoms with E-state index in [0.717, 1.165) is 0 Å². The second kappa shape index (κ2) is 4.25. The molecule has 2 aromatic heterocycles. The van der Waals surface area contributed by atoms with Crippen LogP contribution in [0.2, 0.25) is 0 Å². The van der Waals surface area contributed by atoms with Gasteiger partial charge in [0.1, 0.15) is 5.82 Å². The number of carboxylic acids is 1. The second-order valence-electron chi connectivity index (χ2n) is 3.51. The molecule has 6 nitrogen and oxygen atoms in total. The number of fused-ring (bicyclic) bond motifs is 1. The molecule has 0 amide bonds. The molecule has 0 radical (unpaired) electrons. The zero-order valence-corrected chi connectivity index (χ0v) is 9.34. The average molecular weight is 232 g/mol. The van der Waals surface area contributed by atoms with Gasteiger partial charge in [0.05, 0.1) is 5.69 Å². The van der Waals surface area contributed by atoms with Gasteiger partial charge < -0.3 is 10.4 Å². The number of carbonyl (C=O) groups is 1. The number of aromatic carboxylic acids is 1. The quantitative estimate of drug-likeness (QED) is 0.777. The Morgan fingerprint density at radius 1 is 1.65 bits per heavy atom.